The van der Waals surface area contributed by atoms with Crippen molar-refractivity contribution in [3.8, 4) is 39.3 Å². The third kappa shape index (κ3) is 4.96. The molecule has 0 aliphatic heterocycles. The average Bonchev–Trinajstić information content (AvgIpc) is 4.10. The summed E-state index contributed by atoms with van der Waals surface area (Å²) in [6, 6.07) is 71.4. The number of hydrogen-bond donors (Lipinski definition) is 0. The first-order chi connectivity index (χ1) is 31.8. The Morgan fingerprint density at radius 3 is 1.47 bits per heavy atom. The minimum Gasteiger partial charge on any atom is -0.456 e. The molecule has 6 aromatic heterocycles. The molecule has 0 aliphatic carbocycles. The zero-order valence-electron chi connectivity index (χ0n) is 34.4. The van der Waals surface area contributed by atoms with Gasteiger partial charge in [0.1, 0.15) is 11.2 Å². The van der Waals surface area contributed by atoms with Crippen molar-refractivity contribution in [1.29, 1.82) is 0 Å². The highest BCUT2D eigenvalue weighted by Gasteiger charge is 2.25. The van der Waals surface area contributed by atoms with Gasteiger partial charge in [-0.1, -0.05) is 109 Å². The van der Waals surface area contributed by atoms with Crippen molar-refractivity contribution in [3.63, 3.8) is 0 Å². The number of benzene rings is 8. The first-order valence-corrected chi connectivity index (χ1v) is 21.6. The van der Waals surface area contributed by atoms with Crippen LogP contribution in [-0.4, -0.2) is 23.7 Å². The zero-order chi connectivity index (χ0) is 41.9. The van der Waals surface area contributed by atoms with Crippen molar-refractivity contribution in [2.75, 3.05) is 0 Å². The van der Waals surface area contributed by atoms with Crippen LogP contribution in [0.4, 0.5) is 0 Å². The summed E-state index contributed by atoms with van der Waals surface area (Å²) < 4.78 is 13.4. The number of rotatable bonds is 5. The van der Waals surface area contributed by atoms with Crippen LogP contribution in [0.2, 0.25) is 0 Å². The zero-order valence-corrected chi connectivity index (χ0v) is 34.4. The maximum atomic E-state index is 6.19. The van der Waals surface area contributed by atoms with Gasteiger partial charge in [0.15, 0.2) is 0 Å². The largest absolute Gasteiger partial charge is 0.456 e. The first kappa shape index (κ1) is 34.9. The summed E-state index contributed by atoms with van der Waals surface area (Å²) in [5, 5.41) is 6.77. The van der Waals surface area contributed by atoms with Crippen molar-refractivity contribution in [1.82, 2.24) is 23.7 Å². The summed E-state index contributed by atoms with van der Waals surface area (Å²) in [6.07, 6.45) is 3.83. The van der Waals surface area contributed by atoms with E-state index >= 15 is 0 Å². The lowest BCUT2D eigenvalue weighted by Crippen LogP contribution is -1.96. The standard InChI is InChI=1S/C58H35N5O/c1-3-13-36(14-4-1)37-15-9-19-41(33-37)61-47-28-26-44-45-27-29-48-54(58(45)63(40-17-5-2-6-18-40)57(44)53(47)55-49(61)22-11-31-59-55)56-50(23-12-32-60-56)62(48)42-20-10-16-38(34-42)39-25-30-52-46(35-39)43-21-7-8-24-51(43)64-52/h1-35H. The molecule has 8 aromatic carbocycles. The van der Waals surface area contributed by atoms with E-state index in [9.17, 15) is 0 Å². The van der Waals surface area contributed by atoms with Crippen molar-refractivity contribution >= 4 is 87.6 Å². The number of nitrogens with zero attached hydrogens (tertiary/aromatic N) is 5. The summed E-state index contributed by atoms with van der Waals surface area (Å²) in [7, 11) is 0. The van der Waals surface area contributed by atoms with E-state index in [1.807, 2.05) is 36.7 Å². The van der Waals surface area contributed by atoms with E-state index in [-0.39, 0.29) is 0 Å². The Kier molecular flexibility index (Phi) is 7.30. The van der Waals surface area contributed by atoms with Gasteiger partial charge in [0.2, 0.25) is 0 Å². The highest BCUT2D eigenvalue weighted by atomic mass is 16.3. The summed E-state index contributed by atoms with van der Waals surface area (Å²) in [4.78, 5) is 10.3. The highest BCUT2D eigenvalue weighted by Crippen LogP contribution is 2.46. The van der Waals surface area contributed by atoms with Crippen molar-refractivity contribution in [2.45, 2.75) is 0 Å². The van der Waals surface area contributed by atoms with E-state index in [1.165, 1.54) is 11.1 Å². The van der Waals surface area contributed by atoms with Crippen LogP contribution in [0.5, 0.6) is 0 Å². The van der Waals surface area contributed by atoms with Crippen LogP contribution >= 0.6 is 0 Å². The number of para-hydroxylation sites is 2. The number of aromatic nitrogens is 5. The van der Waals surface area contributed by atoms with E-state index in [0.717, 1.165) is 116 Å². The van der Waals surface area contributed by atoms with Gasteiger partial charge in [-0.2, -0.15) is 0 Å². The Hall–Kier alpha value is -8.74. The van der Waals surface area contributed by atoms with Crippen LogP contribution in [0.3, 0.4) is 0 Å². The fourth-order valence-electron chi connectivity index (χ4n) is 10.4. The number of fused-ring (bicyclic) bond motifs is 14. The molecule has 6 heterocycles. The third-order valence-electron chi connectivity index (χ3n) is 13.1. The van der Waals surface area contributed by atoms with Crippen LogP contribution in [0.25, 0.3) is 127 Å². The monoisotopic (exact) mass is 817 g/mol. The van der Waals surface area contributed by atoms with Gasteiger partial charge in [0.25, 0.3) is 0 Å². The molecule has 0 aliphatic rings. The van der Waals surface area contributed by atoms with E-state index in [0.29, 0.717) is 0 Å². The third-order valence-corrected chi connectivity index (χ3v) is 13.1. The topological polar surface area (TPSA) is 53.7 Å². The predicted octanol–water partition coefficient (Wildman–Crippen LogP) is 15.0. The Morgan fingerprint density at radius 2 is 0.828 bits per heavy atom. The number of pyridine rings is 2. The Labute approximate surface area is 366 Å². The predicted molar refractivity (Wildman–Crippen MR) is 263 cm³/mol. The maximum absolute atomic E-state index is 6.19. The summed E-state index contributed by atoms with van der Waals surface area (Å²) in [5.74, 6) is 0. The van der Waals surface area contributed by atoms with Gasteiger partial charge in [-0.05, 0) is 113 Å². The van der Waals surface area contributed by atoms with Crippen molar-refractivity contribution in [3.05, 3.63) is 213 Å². The van der Waals surface area contributed by atoms with Gasteiger partial charge in [-0.3, -0.25) is 9.97 Å². The minimum atomic E-state index is 0.891. The molecule has 0 fully saturated rings. The van der Waals surface area contributed by atoms with E-state index in [2.05, 4.69) is 190 Å². The lowest BCUT2D eigenvalue weighted by Gasteiger charge is -2.12. The number of hydrogen-bond acceptors (Lipinski definition) is 3. The molecule has 6 heteroatoms. The minimum absolute atomic E-state index is 0.891. The van der Waals surface area contributed by atoms with Gasteiger partial charge in [0.05, 0.1) is 54.9 Å². The van der Waals surface area contributed by atoms with E-state index in [1.54, 1.807) is 0 Å². The van der Waals surface area contributed by atoms with Gasteiger partial charge in [0, 0.05) is 51.0 Å². The Bertz CT molecular complexity index is 4190. The quantitative estimate of drug-likeness (QED) is 0.174. The Morgan fingerprint density at radius 1 is 0.312 bits per heavy atom. The molecule has 0 saturated carbocycles. The molecule has 0 spiro atoms. The normalized spacial score (nSPS) is 12.1. The lowest BCUT2D eigenvalue weighted by molar-refractivity contribution is 0.669. The smallest absolute Gasteiger partial charge is 0.135 e. The summed E-state index contributed by atoms with van der Waals surface area (Å²) in [5.41, 5.74) is 18.1. The van der Waals surface area contributed by atoms with Crippen LogP contribution in [0.15, 0.2) is 217 Å². The molecular weight excluding hydrogens is 783 g/mol. The van der Waals surface area contributed by atoms with E-state index < -0.39 is 0 Å². The van der Waals surface area contributed by atoms with Crippen molar-refractivity contribution < 1.29 is 4.42 Å². The second-order valence-electron chi connectivity index (χ2n) is 16.6. The van der Waals surface area contributed by atoms with Crippen molar-refractivity contribution in [2.24, 2.45) is 0 Å². The molecule has 0 unspecified atom stereocenters. The molecule has 0 atom stereocenters. The average molecular weight is 818 g/mol. The van der Waals surface area contributed by atoms with Crippen LogP contribution in [-0.2, 0) is 0 Å². The molecule has 0 amide bonds. The second kappa shape index (κ2) is 13.4. The van der Waals surface area contributed by atoms with Crippen LogP contribution in [0.1, 0.15) is 0 Å². The van der Waals surface area contributed by atoms with Gasteiger partial charge >= 0.3 is 0 Å². The highest BCUT2D eigenvalue weighted by molar-refractivity contribution is 6.30. The SMILES string of the molecule is c1ccc(-c2cccc(-n3c4cccnc4c4c3ccc3c5ccc6c(c7ncccc7n6-c6cccc(-c7ccc8oc9ccccc9c8c7)c6)c5n(-c5ccccc5)c34)c2)cc1. The summed E-state index contributed by atoms with van der Waals surface area (Å²) >= 11 is 0. The molecule has 14 rings (SSSR count). The number of furan rings is 1. The van der Waals surface area contributed by atoms with Gasteiger partial charge in [-0.15, -0.1) is 0 Å². The molecule has 0 bridgehead atoms. The Balaban J connectivity index is 1.06. The maximum Gasteiger partial charge on any atom is 0.135 e. The van der Waals surface area contributed by atoms with E-state index in [4.69, 9.17) is 14.4 Å². The fraction of sp³-hybridized carbons (Fsp3) is 0. The second-order valence-corrected chi connectivity index (χ2v) is 16.6. The molecule has 64 heavy (non-hydrogen) atoms. The molecular formula is C58H35N5O. The molecule has 14 aromatic rings. The molecule has 6 nitrogen and oxygen atoms in total. The summed E-state index contributed by atoms with van der Waals surface area (Å²) in [6.45, 7) is 0. The van der Waals surface area contributed by atoms with Gasteiger partial charge in [-0.25, -0.2) is 0 Å². The molecule has 0 radical (unpaired) electrons. The van der Waals surface area contributed by atoms with Gasteiger partial charge < -0.3 is 18.1 Å². The molecule has 298 valence electrons. The first-order valence-electron chi connectivity index (χ1n) is 21.6. The van der Waals surface area contributed by atoms with Crippen LogP contribution < -0.4 is 0 Å². The fourth-order valence-corrected chi connectivity index (χ4v) is 10.4. The van der Waals surface area contributed by atoms with Crippen LogP contribution in [0, 0.1) is 0 Å². The molecule has 0 N–H and O–H groups in total. The molecule has 0 saturated heterocycles. The lowest BCUT2D eigenvalue weighted by atomic mass is 10.0.